The first-order valence-corrected chi connectivity index (χ1v) is 7.88. The first kappa shape index (κ1) is 13.1. The van der Waals surface area contributed by atoms with E-state index in [0.717, 1.165) is 27.1 Å². The van der Waals surface area contributed by atoms with Crippen LogP contribution in [0.3, 0.4) is 0 Å². The molecule has 0 saturated heterocycles. The highest BCUT2D eigenvalue weighted by Gasteiger charge is 2.08. The van der Waals surface area contributed by atoms with Gasteiger partial charge in [-0.05, 0) is 17.7 Å². The quantitative estimate of drug-likeness (QED) is 0.730. The predicted octanol–water partition coefficient (Wildman–Crippen LogP) is 4.29. The maximum atomic E-state index is 10.9. The molecule has 3 rings (SSSR count). The van der Waals surface area contributed by atoms with E-state index >= 15 is 0 Å². The zero-order valence-corrected chi connectivity index (χ0v) is 12.1. The molecule has 20 heavy (non-hydrogen) atoms. The van der Waals surface area contributed by atoms with Crippen LogP contribution in [0.4, 0.5) is 0 Å². The summed E-state index contributed by atoms with van der Waals surface area (Å²) in [5, 5.41) is 11.9. The zero-order valence-electron chi connectivity index (χ0n) is 10.4. The minimum atomic E-state index is -0.867. The van der Waals surface area contributed by atoms with Gasteiger partial charge in [0.2, 0.25) is 0 Å². The summed E-state index contributed by atoms with van der Waals surface area (Å²) in [5.41, 5.74) is 2.17. The molecule has 0 aliphatic rings. The zero-order chi connectivity index (χ0) is 13.9. The van der Waals surface area contributed by atoms with Gasteiger partial charge < -0.3 is 5.11 Å². The van der Waals surface area contributed by atoms with E-state index in [1.54, 1.807) is 24.0 Å². The number of carboxylic acids is 1. The van der Waals surface area contributed by atoms with Crippen LogP contribution in [0.25, 0.3) is 10.9 Å². The molecule has 0 bridgehead atoms. The minimum absolute atomic E-state index is 0.378. The van der Waals surface area contributed by atoms with Gasteiger partial charge in [-0.15, -0.1) is 23.1 Å². The number of carboxylic acid groups (broad SMARTS) is 1. The van der Waals surface area contributed by atoms with Gasteiger partial charge in [-0.3, -0.25) is 4.98 Å². The number of carbonyl (C=O) groups is 1. The van der Waals surface area contributed by atoms with Crippen molar-refractivity contribution in [2.24, 2.45) is 0 Å². The second-order valence-corrected chi connectivity index (χ2v) is 6.19. The summed E-state index contributed by atoms with van der Waals surface area (Å²) in [7, 11) is 0. The lowest BCUT2D eigenvalue weighted by Crippen LogP contribution is -1.90. The molecule has 1 N–H and O–H groups in total. The molecule has 0 atom stereocenters. The Morgan fingerprint density at radius 3 is 2.95 bits per heavy atom. The van der Waals surface area contributed by atoms with Crippen molar-refractivity contribution in [3.05, 3.63) is 58.4 Å². The molecule has 1 aromatic carbocycles. The number of rotatable bonds is 4. The first-order chi connectivity index (χ1) is 9.74. The van der Waals surface area contributed by atoms with E-state index in [9.17, 15) is 4.79 Å². The first-order valence-electron chi connectivity index (χ1n) is 6.01. The minimum Gasteiger partial charge on any atom is -0.477 e. The van der Waals surface area contributed by atoms with Crippen molar-refractivity contribution in [3.63, 3.8) is 0 Å². The number of para-hydroxylation sites is 1. The Morgan fingerprint density at radius 2 is 2.15 bits per heavy atom. The van der Waals surface area contributed by atoms with Gasteiger partial charge in [0, 0.05) is 27.6 Å². The number of aromatic carboxylic acids is 1. The van der Waals surface area contributed by atoms with Crippen molar-refractivity contribution in [3.8, 4) is 0 Å². The summed E-state index contributed by atoms with van der Waals surface area (Å²) in [6, 6.07) is 11.8. The Labute approximate surface area is 124 Å². The number of thiophene rings is 1. The monoisotopic (exact) mass is 301 g/mol. The van der Waals surface area contributed by atoms with Gasteiger partial charge in [-0.1, -0.05) is 24.3 Å². The van der Waals surface area contributed by atoms with Crippen LogP contribution in [-0.4, -0.2) is 16.1 Å². The van der Waals surface area contributed by atoms with E-state index < -0.39 is 5.97 Å². The summed E-state index contributed by atoms with van der Waals surface area (Å²) in [4.78, 5) is 16.6. The molecule has 2 heterocycles. The van der Waals surface area contributed by atoms with Crippen LogP contribution in [0.5, 0.6) is 0 Å². The van der Waals surface area contributed by atoms with E-state index in [1.807, 2.05) is 29.6 Å². The predicted molar refractivity (Wildman–Crippen MR) is 82.6 cm³/mol. The van der Waals surface area contributed by atoms with Crippen LogP contribution >= 0.6 is 23.1 Å². The Bertz CT molecular complexity index is 762. The molecule has 0 amide bonds. The van der Waals surface area contributed by atoms with Crippen molar-refractivity contribution < 1.29 is 9.90 Å². The molecule has 0 fully saturated rings. The fourth-order valence-electron chi connectivity index (χ4n) is 1.95. The SMILES string of the molecule is O=C(O)c1cc(SCc2cccc3cccnc23)cs1. The number of aromatic nitrogens is 1. The normalized spacial score (nSPS) is 10.8. The topological polar surface area (TPSA) is 50.2 Å². The van der Waals surface area contributed by atoms with Gasteiger partial charge in [0.15, 0.2) is 0 Å². The third kappa shape index (κ3) is 2.69. The molecule has 3 aromatic rings. The number of benzene rings is 1. The second-order valence-electron chi connectivity index (χ2n) is 4.23. The average molecular weight is 301 g/mol. The lowest BCUT2D eigenvalue weighted by Gasteiger charge is -2.04. The number of fused-ring (bicyclic) bond motifs is 1. The number of nitrogens with zero attached hydrogens (tertiary/aromatic N) is 1. The van der Waals surface area contributed by atoms with Crippen LogP contribution in [0.15, 0.2) is 52.9 Å². The molecular weight excluding hydrogens is 290 g/mol. The summed E-state index contributed by atoms with van der Waals surface area (Å²) < 4.78 is 0. The highest BCUT2D eigenvalue weighted by atomic mass is 32.2. The molecular formula is C15H11NO2S2. The highest BCUT2D eigenvalue weighted by molar-refractivity contribution is 7.98. The van der Waals surface area contributed by atoms with Crippen LogP contribution in [0.1, 0.15) is 15.2 Å². The number of pyridine rings is 1. The molecule has 100 valence electrons. The summed E-state index contributed by atoms with van der Waals surface area (Å²) in [6.45, 7) is 0. The molecule has 0 radical (unpaired) electrons. The van der Waals surface area contributed by atoms with Gasteiger partial charge in [0.05, 0.1) is 5.52 Å². The van der Waals surface area contributed by atoms with Crippen molar-refractivity contribution in [2.75, 3.05) is 0 Å². The fraction of sp³-hybridized carbons (Fsp3) is 0.0667. The maximum Gasteiger partial charge on any atom is 0.345 e. The number of hydrogen-bond donors (Lipinski definition) is 1. The van der Waals surface area contributed by atoms with E-state index in [0.29, 0.717) is 4.88 Å². The maximum absolute atomic E-state index is 10.9. The largest absolute Gasteiger partial charge is 0.477 e. The molecule has 3 nitrogen and oxygen atoms in total. The Morgan fingerprint density at radius 1 is 1.30 bits per heavy atom. The van der Waals surface area contributed by atoms with Gasteiger partial charge in [-0.25, -0.2) is 4.79 Å². The van der Waals surface area contributed by atoms with Crippen LogP contribution in [0.2, 0.25) is 0 Å². The van der Waals surface area contributed by atoms with E-state index in [2.05, 4.69) is 11.1 Å². The van der Waals surface area contributed by atoms with Gasteiger partial charge >= 0.3 is 5.97 Å². The third-order valence-electron chi connectivity index (χ3n) is 2.90. The molecule has 0 spiro atoms. The smallest absolute Gasteiger partial charge is 0.345 e. The lowest BCUT2D eigenvalue weighted by atomic mass is 10.1. The van der Waals surface area contributed by atoms with Crippen molar-refractivity contribution in [1.29, 1.82) is 0 Å². The molecule has 0 aliphatic carbocycles. The average Bonchev–Trinajstić information content (AvgIpc) is 2.94. The summed E-state index contributed by atoms with van der Waals surface area (Å²) >= 11 is 2.89. The van der Waals surface area contributed by atoms with Crippen molar-refractivity contribution in [2.45, 2.75) is 10.6 Å². The van der Waals surface area contributed by atoms with Gasteiger partial charge in [0.1, 0.15) is 4.88 Å². The van der Waals surface area contributed by atoms with Crippen molar-refractivity contribution in [1.82, 2.24) is 4.98 Å². The van der Waals surface area contributed by atoms with Gasteiger partial charge in [0.25, 0.3) is 0 Å². The standard InChI is InChI=1S/C15H11NO2S2/c17-15(18)13-7-12(9-20-13)19-8-11-4-1-3-10-5-2-6-16-14(10)11/h1-7,9H,8H2,(H,17,18). The highest BCUT2D eigenvalue weighted by Crippen LogP contribution is 2.29. The molecule has 0 aliphatic heterocycles. The lowest BCUT2D eigenvalue weighted by molar-refractivity contribution is 0.0702. The molecule has 5 heteroatoms. The Hall–Kier alpha value is -1.85. The Kier molecular flexibility index (Phi) is 3.71. The molecule has 0 saturated carbocycles. The van der Waals surface area contributed by atoms with Gasteiger partial charge in [-0.2, -0.15) is 0 Å². The van der Waals surface area contributed by atoms with Crippen LogP contribution in [-0.2, 0) is 5.75 Å². The van der Waals surface area contributed by atoms with E-state index in [1.165, 1.54) is 11.3 Å². The van der Waals surface area contributed by atoms with E-state index in [-0.39, 0.29) is 0 Å². The fourth-order valence-corrected chi connectivity index (χ4v) is 3.81. The van der Waals surface area contributed by atoms with Crippen LogP contribution < -0.4 is 0 Å². The second kappa shape index (κ2) is 5.64. The summed E-state index contributed by atoms with van der Waals surface area (Å²) in [6.07, 6.45) is 1.80. The van der Waals surface area contributed by atoms with E-state index in [4.69, 9.17) is 5.11 Å². The third-order valence-corrected chi connectivity index (χ3v) is 4.99. The summed E-state index contributed by atoms with van der Waals surface area (Å²) in [5.74, 6) is -0.0851. The molecule has 2 aromatic heterocycles. The number of hydrogen-bond acceptors (Lipinski definition) is 4. The Balaban J connectivity index is 1.81. The number of thioether (sulfide) groups is 1. The van der Waals surface area contributed by atoms with Crippen LogP contribution in [0, 0.1) is 0 Å². The molecule has 0 unspecified atom stereocenters. The van der Waals surface area contributed by atoms with Crippen molar-refractivity contribution >= 4 is 40.0 Å².